The molecule has 0 bridgehead atoms. The molecule has 1 fully saturated rings. The van der Waals surface area contributed by atoms with E-state index in [4.69, 9.17) is 0 Å². The lowest BCUT2D eigenvalue weighted by atomic mass is 10.2. The number of nitrogens with one attached hydrogen (secondary N) is 2. The Morgan fingerprint density at radius 1 is 1.76 bits per heavy atom. The lowest BCUT2D eigenvalue weighted by molar-refractivity contribution is -0.126. The van der Waals surface area contributed by atoms with Gasteiger partial charge in [0.15, 0.2) is 0 Å². The molecule has 1 atom stereocenters. The molecule has 17 heavy (non-hydrogen) atoms. The van der Waals surface area contributed by atoms with Crippen molar-refractivity contribution in [2.24, 2.45) is 0 Å². The Balaban J connectivity index is 1.84. The molecule has 0 aliphatic carbocycles. The van der Waals surface area contributed by atoms with E-state index in [9.17, 15) is 4.79 Å². The Morgan fingerprint density at radius 2 is 2.59 bits per heavy atom. The molecule has 1 aliphatic heterocycles. The first-order valence-corrected chi connectivity index (χ1v) is 7.25. The highest BCUT2D eigenvalue weighted by Gasteiger charge is 2.25. The van der Waals surface area contributed by atoms with Crippen molar-refractivity contribution >= 4 is 33.2 Å². The third kappa shape index (κ3) is 3.51. The van der Waals surface area contributed by atoms with Crippen molar-refractivity contribution in [1.82, 2.24) is 15.5 Å². The van der Waals surface area contributed by atoms with Crippen molar-refractivity contribution in [3.63, 3.8) is 0 Å². The molecule has 1 amide bonds. The lowest BCUT2D eigenvalue weighted by Gasteiger charge is -2.31. The minimum atomic E-state index is -0.0489. The van der Waals surface area contributed by atoms with Crippen LogP contribution in [0.15, 0.2) is 15.9 Å². The number of carbonyl (C=O) groups is 1. The zero-order chi connectivity index (χ0) is 12.3. The van der Waals surface area contributed by atoms with Gasteiger partial charge in [0.2, 0.25) is 5.91 Å². The van der Waals surface area contributed by atoms with Crippen LogP contribution in [-0.4, -0.2) is 43.5 Å². The highest BCUT2D eigenvalue weighted by atomic mass is 79.9. The molecule has 2 N–H and O–H groups in total. The number of hydrogen-bond donors (Lipinski definition) is 2. The third-order valence-corrected chi connectivity index (χ3v) is 4.57. The average molecular weight is 318 g/mol. The van der Waals surface area contributed by atoms with E-state index in [1.165, 1.54) is 0 Å². The minimum absolute atomic E-state index is 0.0489. The first kappa shape index (κ1) is 13.0. The van der Waals surface area contributed by atoms with Crippen LogP contribution in [0.5, 0.6) is 0 Å². The SMILES string of the molecule is CN1CCNCC1C(=O)NCc1cc(Br)cs1. The highest BCUT2D eigenvalue weighted by Crippen LogP contribution is 2.19. The fraction of sp³-hybridized carbons (Fsp3) is 0.545. The van der Waals surface area contributed by atoms with E-state index in [1.54, 1.807) is 11.3 Å². The predicted molar refractivity (Wildman–Crippen MR) is 73.2 cm³/mol. The number of likely N-dealkylation sites (N-methyl/N-ethyl adjacent to an activating group) is 1. The molecule has 0 saturated carbocycles. The van der Waals surface area contributed by atoms with E-state index >= 15 is 0 Å². The van der Waals surface area contributed by atoms with Gasteiger partial charge in [-0.3, -0.25) is 9.69 Å². The van der Waals surface area contributed by atoms with Gasteiger partial charge in [-0.05, 0) is 29.0 Å². The summed E-state index contributed by atoms with van der Waals surface area (Å²) in [5.41, 5.74) is 0. The van der Waals surface area contributed by atoms with E-state index in [-0.39, 0.29) is 11.9 Å². The quantitative estimate of drug-likeness (QED) is 0.875. The van der Waals surface area contributed by atoms with Gasteiger partial charge in [-0.25, -0.2) is 0 Å². The summed E-state index contributed by atoms with van der Waals surface area (Å²) in [5.74, 6) is 0.101. The van der Waals surface area contributed by atoms with Gasteiger partial charge < -0.3 is 10.6 Å². The number of piperazine rings is 1. The summed E-state index contributed by atoms with van der Waals surface area (Å²) >= 11 is 5.05. The van der Waals surface area contributed by atoms with Crippen molar-refractivity contribution in [2.45, 2.75) is 12.6 Å². The van der Waals surface area contributed by atoms with E-state index in [2.05, 4.69) is 31.5 Å². The summed E-state index contributed by atoms with van der Waals surface area (Å²) in [7, 11) is 1.99. The highest BCUT2D eigenvalue weighted by molar-refractivity contribution is 9.10. The predicted octanol–water partition coefficient (Wildman–Crippen LogP) is 1.03. The topological polar surface area (TPSA) is 44.4 Å². The second-order valence-corrected chi connectivity index (χ2v) is 6.06. The van der Waals surface area contributed by atoms with Gasteiger partial charge in [0.1, 0.15) is 6.04 Å². The molecule has 94 valence electrons. The van der Waals surface area contributed by atoms with Crippen molar-refractivity contribution in [3.8, 4) is 0 Å². The van der Waals surface area contributed by atoms with E-state index < -0.39 is 0 Å². The van der Waals surface area contributed by atoms with Crippen LogP contribution in [0.1, 0.15) is 4.88 Å². The Labute approximate surface area is 114 Å². The van der Waals surface area contributed by atoms with E-state index in [0.29, 0.717) is 6.54 Å². The molecular weight excluding hydrogens is 302 g/mol. The van der Waals surface area contributed by atoms with Gasteiger partial charge in [0.05, 0.1) is 6.54 Å². The van der Waals surface area contributed by atoms with Crippen LogP contribution < -0.4 is 10.6 Å². The Morgan fingerprint density at radius 3 is 3.24 bits per heavy atom. The molecular formula is C11H16BrN3OS. The zero-order valence-electron chi connectivity index (χ0n) is 9.70. The second kappa shape index (κ2) is 5.95. The third-order valence-electron chi connectivity index (χ3n) is 2.87. The van der Waals surface area contributed by atoms with Gasteiger partial charge in [0.25, 0.3) is 0 Å². The maximum Gasteiger partial charge on any atom is 0.238 e. The minimum Gasteiger partial charge on any atom is -0.350 e. The zero-order valence-corrected chi connectivity index (χ0v) is 12.1. The van der Waals surface area contributed by atoms with Crippen LogP contribution >= 0.6 is 27.3 Å². The molecule has 4 nitrogen and oxygen atoms in total. The number of amides is 1. The van der Waals surface area contributed by atoms with Crippen LogP contribution in [0, 0.1) is 0 Å². The molecule has 1 aromatic heterocycles. The van der Waals surface area contributed by atoms with Crippen molar-refractivity contribution in [3.05, 3.63) is 20.8 Å². The summed E-state index contributed by atoms with van der Waals surface area (Å²) in [6.45, 7) is 3.22. The largest absolute Gasteiger partial charge is 0.350 e. The van der Waals surface area contributed by atoms with Gasteiger partial charge in [-0.1, -0.05) is 0 Å². The molecule has 1 unspecified atom stereocenters. The summed E-state index contributed by atoms with van der Waals surface area (Å²) in [5, 5.41) is 8.25. The number of rotatable bonds is 3. The maximum atomic E-state index is 12.0. The number of halogens is 1. The number of hydrogen-bond acceptors (Lipinski definition) is 4. The van der Waals surface area contributed by atoms with Gasteiger partial charge in [-0.2, -0.15) is 0 Å². The van der Waals surface area contributed by atoms with Crippen molar-refractivity contribution in [2.75, 3.05) is 26.7 Å². The van der Waals surface area contributed by atoms with Gasteiger partial charge in [0, 0.05) is 34.4 Å². The second-order valence-electron chi connectivity index (χ2n) is 4.15. The average Bonchev–Trinajstić information content (AvgIpc) is 2.73. The van der Waals surface area contributed by atoms with Crippen LogP contribution in [0.3, 0.4) is 0 Å². The van der Waals surface area contributed by atoms with Gasteiger partial charge in [-0.15, -0.1) is 11.3 Å². The standard InChI is InChI=1S/C11H16BrN3OS/c1-15-3-2-13-6-10(15)11(16)14-5-9-4-8(12)7-17-9/h4,7,10,13H,2-3,5-6H2,1H3,(H,14,16). The molecule has 1 aliphatic rings. The fourth-order valence-corrected chi connectivity index (χ4v) is 3.23. The molecule has 0 radical (unpaired) electrons. The van der Waals surface area contributed by atoms with Gasteiger partial charge >= 0.3 is 0 Å². The smallest absolute Gasteiger partial charge is 0.238 e. The van der Waals surface area contributed by atoms with Crippen LogP contribution in [0.25, 0.3) is 0 Å². The van der Waals surface area contributed by atoms with E-state index in [1.807, 2.05) is 18.5 Å². The molecule has 0 aromatic carbocycles. The first-order chi connectivity index (χ1) is 8.16. The summed E-state index contributed by atoms with van der Waals surface area (Å²) in [4.78, 5) is 15.2. The van der Waals surface area contributed by atoms with Crippen LogP contribution in [-0.2, 0) is 11.3 Å². The van der Waals surface area contributed by atoms with Crippen LogP contribution in [0.2, 0.25) is 0 Å². The summed E-state index contributed by atoms with van der Waals surface area (Å²) < 4.78 is 1.07. The molecule has 6 heteroatoms. The summed E-state index contributed by atoms with van der Waals surface area (Å²) in [6, 6.07) is 1.99. The molecule has 1 saturated heterocycles. The molecule has 0 spiro atoms. The first-order valence-electron chi connectivity index (χ1n) is 5.58. The number of nitrogens with zero attached hydrogens (tertiary/aromatic N) is 1. The monoisotopic (exact) mass is 317 g/mol. The Hall–Kier alpha value is -0.430. The Kier molecular flexibility index (Phi) is 4.55. The molecule has 2 heterocycles. The normalized spacial score (nSPS) is 21.4. The Bertz CT molecular complexity index is 396. The number of thiophene rings is 1. The maximum absolute atomic E-state index is 12.0. The summed E-state index contributed by atoms with van der Waals surface area (Å²) in [6.07, 6.45) is 0. The molecule has 2 rings (SSSR count). The van der Waals surface area contributed by atoms with Crippen molar-refractivity contribution < 1.29 is 4.79 Å². The fourth-order valence-electron chi connectivity index (χ4n) is 1.84. The molecule has 1 aromatic rings. The van der Waals surface area contributed by atoms with Crippen molar-refractivity contribution in [1.29, 1.82) is 0 Å². The lowest BCUT2D eigenvalue weighted by Crippen LogP contribution is -2.56. The van der Waals surface area contributed by atoms with E-state index in [0.717, 1.165) is 29.0 Å². The van der Waals surface area contributed by atoms with Crippen LogP contribution in [0.4, 0.5) is 0 Å². The number of carbonyl (C=O) groups excluding carboxylic acids is 1.